The number of hydrazone groups is 1. The van der Waals surface area contributed by atoms with Crippen LogP contribution in [-0.2, 0) is 4.74 Å². The first-order valence-electron chi connectivity index (χ1n) is 10.7. The summed E-state index contributed by atoms with van der Waals surface area (Å²) in [5.74, 6) is 0.746. The summed E-state index contributed by atoms with van der Waals surface area (Å²) < 4.78 is 11.1. The highest BCUT2D eigenvalue weighted by molar-refractivity contribution is 5.87. The lowest BCUT2D eigenvalue weighted by Crippen LogP contribution is -2.37. The van der Waals surface area contributed by atoms with Gasteiger partial charge in [0.25, 0.3) is 0 Å². The topological polar surface area (TPSA) is 108 Å². The molecule has 9 heteroatoms. The van der Waals surface area contributed by atoms with Crippen LogP contribution in [0.25, 0.3) is 10.9 Å². The van der Waals surface area contributed by atoms with E-state index >= 15 is 0 Å². The van der Waals surface area contributed by atoms with Crippen LogP contribution in [0.2, 0.25) is 0 Å². The molecule has 1 aliphatic heterocycles. The van der Waals surface area contributed by atoms with Crippen molar-refractivity contribution in [2.24, 2.45) is 5.10 Å². The van der Waals surface area contributed by atoms with Gasteiger partial charge in [0.1, 0.15) is 12.4 Å². The molecule has 0 bridgehead atoms. The Morgan fingerprint density at radius 3 is 2.78 bits per heavy atom. The van der Waals surface area contributed by atoms with Crippen molar-refractivity contribution in [1.29, 1.82) is 0 Å². The molecule has 3 N–H and O–H groups in total. The summed E-state index contributed by atoms with van der Waals surface area (Å²) in [5.41, 5.74) is 7.08. The molecule has 3 heterocycles. The lowest BCUT2D eigenvalue weighted by molar-refractivity contribution is 0.0250. The summed E-state index contributed by atoms with van der Waals surface area (Å²) in [6, 6.07) is 8.17. The smallest absolute Gasteiger partial charge is 0.319 e. The van der Waals surface area contributed by atoms with Gasteiger partial charge in [-0.25, -0.2) is 0 Å². The minimum Gasteiger partial charge on any atom is -0.460 e. The zero-order valence-electron chi connectivity index (χ0n) is 19.0. The Morgan fingerprint density at radius 1 is 1.25 bits per heavy atom. The van der Waals surface area contributed by atoms with Gasteiger partial charge in [-0.05, 0) is 51.5 Å². The number of aromatic amines is 1. The van der Waals surface area contributed by atoms with Crippen molar-refractivity contribution in [1.82, 2.24) is 15.0 Å². The number of hydrogen-bond acceptors (Lipinski definition) is 8. The molecule has 0 saturated carbocycles. The number of rotatable bonds is 7. The molecule has 0 radical (unpaired) electrons. The van der Waals surface area contributed by atoms with E-state index in [1.165, 1.54) is 10.9 Å². The number of nitrogens with one attached hydrogen (secondary N) is 2. The Bertz CT molecular complexity index is 1110. The Kier molecular flexibility index (Phi) is 6.29. The summed E-state index contributed by atoms with van der Waals surface area (Å²) in [7, 11) is 0. The zero-order valence-corrected chi connectivity index (χ0v) is 19.0. The molecular weight excluding hydrogens is 408 g/mol. The van der Waals surface area contributed by atoms with Gasteiger partial charge in [0.05, 0.1) is 36.4 Å². The van der Waals surface area contributed by atoms with Crippen LogP contribution in [0.4, 0.5) is 11.5 Å². The molecule has 3 aromatic rings. The van der Waals surface area contributed by atoms with Crippen LogP contribution >= 0.6 is 0 Å². The van der Waals surface area contributed by atoms with E-state index < -0.39 is 5.60 Å². The number of fused-ring (bicyclic) bond motifs is 1. The van der Waals surface area contributed by atoms with Crippen LogP contribution in [0, 0.1) is 13.8 Å². The fourth-order valence-electron chi connectivity index (χ4n) is 3.46. The van der Waals surface area contributed by atoms with Crippen LogP contribution in [0.5, 0.6) is 6.01 Å². The molecule has 0 spiro atoms. The first kappa shape index (κ1) is 22.0. The van der Waals surface area contributed by atoms with Gasteiger partial charge in [-0.15, -0.1) is 0 Å². The van der Waals surface area contributed by atoms with E-state index in [-0.39, 0.29) is 12.6 Å². The summed E-state index contributed by atoms with van der Waals surface area (Å²) in [6.07, 6.45) is 1.64. The van der Waals surface area contributed by atoms with Crippen LogP contribution in [0.1, 0.15) is 30.8 Å². The van der Waals surface area contributed by atoms with Gasteiger partial charge in [0, 0.05) is 35.8 Å². The van der Waals surface area contributed by atoms with Crippen molar-refractivity contribution >= 4 is 28.6 Å². The maximum atomic E-state index is 9.98. The van der Waals surface area contributed by atoms with Crippen LogP contribution in [0.15, 0.2) is 29.4 Å². The predicted molar refractivity (Wildman–Crippen MR) is 126 cm³/mol. The number of nitrogens with zero attached hydrogens (tertiary/aromatic N) is 4. The second-order valence-electron chi connectivity index (χ2n) is 8.64. The van der Waals surface area contributed by atoms with Crippen molar-refractivity contribution in [3.63, 3.8) is 0 Å². The van der Waals surface area contributed by atoms with Crippen LogP contribution < -0.4 is 15.1 Å². The number of aliphatic hydroxyl groups is 1. The first-order valence-corrected chi connectivity index (χ1v) is 10.7. The minimum atomic E-state index is -0.985. The van der Waals surface area contributed by atoms with E-state index in [4.69, 9.17) is 9.47 Å². The van der Waals surface area contributed by atoms with Gasteiger partial charge >= 0.3 is 6.01 Å². The number of aromatic nitrogens is 3. The first-order chi connectivity index (χ1) is 15.3. The third kappa shape index (κ3) is 5.35. The average molecular weight is 439 g/mol. The molecule has 2 aromatic heterocycles. The van der Waals surface area contributed by atoms with Gasteiger partial charge in [0.15, 0.2) is 0 Å². The van der Waals surface area contributed by atoms with Crippen LogP contribution in [-0.4, -0.2) is 64.8 Å². The summed E-state index contributed by atoms with van der Waals surface area (Å²) in [4.78, 5) is 14.4. The Hall–Kier alpha value is -3.17. The standard InChI is InChI=1S/C23H30N6O3/c1-15-16(2)25-20-6-5-17(11-19(15)20)28-24-13-18-12-21(29-7-9-31-10-8-29)27-22(26-18)32-14-23(3,4)30/h5-6,11-13,25,28,30H,7-10,14H2,1-4H3. The normalized spacial score (nSPS) is 15.0. The largest absolute Gasteiger partial charge is 0.460 e. The number of anilines is 2. The highest BCUT2D eigenvalue weighted by atomic mass is 16.5. The third-order valence-corrected chi connectivity index (χ3v) is 5.30. The summed E-state index contributed by atoms with van der Waals surface area (Å²) in [5, 5.41) is 15.5. The maximum absolute atomic E-state index is 9.98. The monoisotopic (exact) mass is 438 g/mol. The molecule has 9 nitrogen and oxygen atoms in total. The van der Waals surface area contributed by atoms with Gasteiger partial charge < -0.3 is 24.5 Å². The van der Waals surface area contributed by atoms with Crippen molar-refractivity contribution < 1.29 is 14.6 Å². The highest BCUT2D eigenvalue weighted by Gasteiger charge is 2.18. The number of H-pyrrole nitrogens is 1. The lowest BCUT2D eigenvalue weighted by atomic mass is 10.1. The third-order valence-electron chi connectivity index (χ3n) is 5.30. The van der Waals surface area contributed by atoms with Gasteiger partial charge in [-0.3, -0.25) is 5.43 Å². The zero-order chi connectivity index (χ0) is 22.7. The molecule has 0 atom stereocenters. The number of ether oxygens (including phenoxy) is 2. The van der Waals surface area contributed by atoms with E-state index in [0.29, 0.717) is 18.9 Å². The fraction of sp³-hybridized carbons (Fsp3) is 0.435. The molecule has 1 aliphatic rings. The molecule has 1 saturated heterocycles. The number of aryl methyl sites for hydroxylation is 2. The van der Waals surface area contributed by atoms with Gasteiger partial charge in [-0.2, -0.15) is 15.1 Å². The number of benzene rings is 1. The van der Waals surface area contributed by atoms with E-state index in [2.05, 4.69) is 50.3 Å². The van der Waals surface area contributed by atoms with E-state index in [9.17, 15) is 5.11 Å². The number of morpholine rings is 1. The van der Waals surface area contributed by atoms with E-state index in [1.807, 2.05) is 18.2 Å². The predicted octanol–water partition coefficient (Wildman–Crippen LogP) is 3.01. The van der Waals surface area contributed by atoms with Gasteiger partial charge in [-0.1, -0.05) is 0 Å². The Morgan fingerprint density at radius 2 is 2.03 bits per heavy atom. The molecule has 1 fully saturated rings. The molecule has 0 amide bonds. The average Bonchev–Trinajstić information content (AvgIpc) is 3.06. The molecule has 32 heavy (non-hydrogen) atoms. The molecule has 170 valence electrons. The minimum absolute atomic E-state index is 0.0871. The quantitative estimate of drug-likeness (QED) is 0.384. The number of hydrogen-bond donors (Lipinski definition) is 3. The summed E-state index contributed by atoms with van der Waals surface area (Å²) >= 11 is 0. The summed E-state index contributed by atoms with van der Waals surface area (Å²) in [6.45, 7) is 10.4. The SMILES string of the molecule is Cc1[nH]c2ccc(NN=Cc3cc(N4CCOCC4)nc(OCC(C)(C)O)n3)cc2c1C. The van der Waals surface area contributed by atoms with Crippen molar-refractivity contribution in [2.75, 3.05) is 43.2 Å². The fourth-order valence-corrected chi connectivity index (χ4v) is 3.46. The Balaban J connectivity index is 1.54. The molecule has 0 aliphatic carbocycles. The van der Waals surface area contributed by atoms with E-state index in [1.54, 1.807) is 20.1 Å². The molecular formula is C23H30N6O3. The van der Waals surface area contributed by atoms with Crippen molar-refractivity contribution in [3.05, 3.63) is 41.2 Å². The van der Waals surface area contributed by atoms with E-state index in [0.717, 1.165) is 35.8 Å². The van der Waals surface area contributed by atoms with Gasteiger partial charge in [0.2, 0.25) is 0 Å². The van der Waals surface area contributed by atoms with Crippen molar-refractivity contribution in [3.8, 4) is 6.01 Å². The second-order valence-corrected chi connectivity index (χ2v) is 8.64. The second kappa shape index (κ2) is 9.13. The highest BCUT2D eigenvalue weighted by Crippen LogP contribution is 2.24. The lowest BCUT2D eigenvalue weighted by Gasteiger charge is -2.28. The molecule has 1 aromatic carbocycles. The van der Waals surface area contributed by atoms with Crippen molar-refractivity contribution in [2.45, 2.75) is 33.3 Å². The molecule has 0 unspecified atom stereocenters. The maximum Gasteiger partial charge on any atom is 0.319 e. The van der Waals surface area contributed by atoms with Crippen LogP contribution in [0.3, 0.4) is 0 Å². The molecule has 4 rings (SSSR count). The Labute approximate surface area is 187 Å².